The molecule has 0 fully saturated rings. The topological polar surface area (TPSA) is 47.6 Å². The van der Waals surface area contributed by atoms with Crippen LogP contribution in [0.15, 0.2) is 18.2 Å². The van der Waals surface area contributed by atoms with Crippen molar-refractivity contribution in [3.63, 3.8) is 0 Å². The smallest absolute Gasteiger partial charge is 0.293 e. The van der Waals surface area contributed by atoms with Crippen molar-refractivity contribution in [1.29, 1.82) is 0 Å². The van der Waals surface area contributed by atoms with E-state index in [1.807, 2.05) is 32.0 Å². The van der Waals surface area contributed by atoms with Gasteiger partial charge in [-0.3, -0.25) is 14.1 Å². The van der Waals surface area contributed by atoms with Crippen molar-refractivity contribution in [2.75, 3.05) is 18.3 Å². The fraction of sp³-hybridized carbons (Fsp3) is 0.500. The molecule has 1 aromatic carbocycles. The summed E-state index contributed by atoms with van der Waals surface area (Å²) in [5.74, 6) is 0. The van der Waals surface area contributed by atoms with Crippen molar-refractivity contribution in [1.82, 2.24) is 0 Å². The van der Waals surface area contributed by atoms with Crippen molar-refractivity contribution in [2.24, 2.45) is 0 Å². The monoisotopic (exact) mass is 257 g/mol. The molecule has 0 aliphatic carbocycles. The molecule has 17 heavy (non-hydrogen) atoms. The Morgan fingerprint density at radius 1 is 1.18 bits per heavy atom. The second kappa shape index (κ2) is 6.20. The van der Waals surface area contributed by atoms with E-state index in [2.05, 4.69) is 5.09 Å². The molecule has 1 aromatic rings. The third-order valence-corrected chi connectivity index (χ3v) is 3.95. The molecule has 0 aliphatic rings. The minimum absolute atomic E-state index is 0.342. The van der Waals surface area contributed by atoms with Gasteiger partial charge in [-0.1, -0.05) is 17.7 Å². The molecule has 0 saturated heterocycles. The molecule has 1 rings (SSSR count). The Bertz CT molecular complexity index is 410. The zero-order chi connectivity index (χ0) is 12.9. The van der Waals surface area contributed by atoms with E-state index in [9.17, 15) is 4.57 Å². The van der Waals surface area contributed by atoms with Gasteiger partial charge in [0.05, 0.1) is 13.2 Å². The molecule has 96 valence electrons. The Balaban J connectivity index is 2.89. The molecule has 0 spiro atoms. The van der Waals surface area contributed by atoms with Gasteiger partial charge in [-0.05, 0) is 39.3 Å². The fourth-order valence-corrected chi connectivity index (χ4v) is 2.96. The Kier molecular flexibility index (Phi) is 5.19. The van der Waals surface area contributed by atoms with Crippen LogP contribution in [0.2, 0.25) is 0 Å². The first kappa shape index (κ1) is 14.2. The summed E-state index contributed by atoms with van der Waals surface area (Å²) in [5, 5.41) is 2.86. The van der Waals surface area contributed by atoms with Gasteiger partial charge in [0.15, 0.2) is 0 Å². The van der Waals surface area contributed by atoms with Crippen LogP contribution in [0.4, 0.5) is 5.69 Å². The van der Waals surface area contributed by atoms with Crippen molar-refractivity contribution in [3.8, 4) is 0 Å². The normalized spacial score (nSPS) is 11.5. The van der Waals surface area contributed by atoms with Gasteiger partial charge in [0.2, 0.25) is 0 Å². The highest BCUT2D eigenvalue weighted by Gasteiger charge is 2.24. The zero-order valence-electron chi connectivity index (χ0n) is 10.8. The second-order valence-electron chi connectivity index (χ2n) is 3.76. The minimum Gasteiger partial charge on any atom is -0.293 e. The lowest BCUT2D eigenvalue weighted by atomic mass is 10.1. The standard InChI is InChI=1S/C12H20NO3P/c1-5-15-17(14,16-6-2)13-12-8-7-10(3)9-11(12)4/h7-9H,5-6H2,1-4H3,(H,13,14). The lowest BCUT2D eigenvalue weighted by Gasteiger charge is -2.19. The van der Waals surface area contributed by atoms with Gasteiger partial charge in [0, 0.05) is 5.69 Å². The van der Waals surface area contributed by atoms with E-state index < -0.39 is 7.75 Å². The van der Waals surface area contributed by atoms with Gasteiger partial charge < -0.3 is 0 Å². The van der Waals surface area contributed by atoms with E-state index >= 15 is 0 Å². The van der Waals surface area contributed by atoms with Crippen LogP contribution in [0.3, 0.4) is 0 Å². The summed E-state index contributed by atoms with van der Waals surface area (Å²) in [5.41, 5.74) is 2.96. The highest BCUT2D eigenvalue weighted by Crippen LogP contribution is 2.48. The van der Waals surface area contributed by atoms with Crippen LogP contribution in [-0.4, -0.2) is 13.2 Å². The Labute approximate surface area is 103 Å². The van der Waals surface area contributed by atoms with Crippen LogP contribution in [0.5, 0.6) is 0 Å². The highest BCUT2D eigenvalue weighted by atomic mass is 31.2. The van der Waals surface area contributed by atoms with Crippen molar-refractivity contribution < 1.29 is 13.6 Å². The van der Waals surface area contributed by atoms with Crippen molar-refractivity contribution in [3.05, 3.63) is 29.3 Å². The predicted octanol–water partition coefficient (Wildman–Crippen LogP) is 3.90. The fourth-order valence-electron chi connectivity index (χ4n) is 1.53. The number of rotatable bonds is 6. The van der Waals surface area contributed by atoms with Crippen LogP contribution >= 0.6 is 7.75 Å². The first-order valence-corrected chi connectivity index (χ1v) is 7.29. The van der Waals surface area contributed by atoms with Crippen LogP contribution in [0, 0.1) is 13.8 Å². The van der Waals surface area contributed by atoms with Crippen LogP contribution in [0.1, 0.15) is 25.0 Å². The number of aryl methyl sites for hydroxylation is 2. The molecule has 0 amide bonds. The third-order valence-electron chi connectivity index (χ3n) is 2.24. The van der Waals surface area contributed by atoms with E-state index in [4.69, 9.17) is 9.05 Å². The number of hydrogen-bond acceptors (Lipinski definition) is 3. The molecule has 1 N–H and O–H groups in total. The summed E-state index contributed by atoms with van der Waals surface area (Å²) < 4.78 is 22.6. The SMILES string of the molecule is CCOP(=O)(Nc1ccc(C)cc1C)OCC. The maximum Gasteiger partial charge on any atom is 0.432 e. The van der Waals surface area contributed by atoms with E-state index in [-0.39, 0.29) is 0 Å². The molecule has 4 nitrogen and oxygen atoms in total. The van der Waals surface area contributed by atoms with Crippen LogP contribution in [-0.2, 0) is 13.6 Å². The second-order valence-corrected chi connectivity index (χ2v) is 5.50. The zero-order valence-corrected chi connectivity index (χ0v) is 11.7. The summed E-state index contributed by atoms with van der Waals surface area (Å²) in [6.07, 6.45) is 0. The van der Waals surface area contributed by atoms with Gasteiger partial charge in [-0.15, -0.1) is 0 Å². The maximum absolute atomic E-state index is 12.3. The van der Waals surface area contributed by atoms with Crippen molar-refractivity contribution in [2.45, 2.75) is 27.7 Å². The minimum atomic E-state index is -3.23. The average Bonchev–Trinajstić information content (AvgIpc) is 2.23. The lowest BCUT2D eigenvalue weighted by molar-refractivity contribution is 0.225. The first-order chi connectivity index (χ1) is 8.00. The average molecular weight is 257 g/mol. The quantitative estimate of drug-likeness (QED) is 0.785. The molecule has 0 saturated carbocycles. The highest BCUT2D eigenvalue weighted by molar-refractivity contribution is 7.55. The van der Waals surface area contributed by atoms with Gasteiger partial charge in [0.25, 0.3) is 0 Å². The number of nitrogens with one attached hydrogen (secondary N) is 1. The molecular formula is C12H20NO3P. The summed E-state index contributed by atoms with van der Waals surface area (Å²) in [6, 6.07) is 5.86. The molecule has 0 unspecified atom stereocenters. The third kappa shape index (κ3) is 4.15. The van der Waals surface area contributed by atoms with Gasteiger partial charge in [-0.25, -0.2) is 4.57 Å². The Morgan fingerprint density at radius 2 is 1.76 bits per heavy atom. The van der Waals surface area contributed by atoms with E-state index in [0.29, 0.717) is 13.2 Å². The van der Waals surface area contributed by atoms with Gasteiger partial charge in [0.1, 0.15) is 0 Å². The number of anilines is 1. The summed E-state index contributed by atoms with van der Waals surface area (Å²) in [7, 11) is -3.23. The van der Waals surface area contributed by atoms with Gasteiger partial charge >= 0.3 is 7.75 Å². The predicted molar refractivity (Wildman–Crippen MR) is 70.4 cm³/mol. The van der Waals surface area contributed by atoms with E-state index in [1.165, 1.54) is 0 Å². The first-order valence-electron chi connectivity index (χ1n) is 5.75. The largest absolute Gasteiger partial charge is 0.432 e. The van der Waals surface area contributed by atoms with Crippen molar-refractivity contribution >= 4 is 13.4 Å². The Hall–Kier alpha value is -0.830. The van der Waals surface area contributed by atoms with E-state index in [0.717, 1.165) is 16.8 Å². The van der Waals surface area contributed by atoms with Crippen LogP contribution < -0.4 is 5.09 Å². The molecule has 0 heterocycles. The van der Waals surface area contributed by atoms with Crippen LogP contribution in [0.25, 0.3) is 0 Å². The van der Waals surface area contributed by atoms with E-state index in [1.54, 1.807) is 13.8 Å². The number of hydrogen-bond donors (Lipinski definition) is 1. The summed E-state index contributed by atoms with van der Waals surface area (Å²) >= 11 is 0. The summed E-state index contributed by atoms with van der Waals surface area (Å²) in [4.78, 5) is 0. The Morgan fingerprint density at radius 3 is 2.24 bits per heavy atom. The number of benzene rings is 1. The van der Waals surface area contributed by atoms with Gasteiger partial charge in [-0.2, -0.15) is 0 Å². The molecular weight excluding hydrogens is 237 g/mol. The molecule has 0 atom stereocenters. The lowest BCUT2D eigenvalue weighted by Crippen LogP contribution is -2.06. The summed E-state index contributed by atoms with van der Waals surface area (Å²) in [6.45, 7) is 8.23. The molecule has 0 aliphatic heterocycles. The molecule has 0 bridgehead atoms. The molecule has 0 radical (unpaired) electrons. The maximum atomic E-state index is 12.3. The molecule has 0 aromatic heterocycles. The molecule has 5 heteroatoms.